The predicted octanol–water partition coefficient (Wildman–Crippen LogP) is 0.972. The number of carbonyl (C=O) groups excluding carboxylic acids is 12. The normalized spacial score (nSPS) is 26.9. The van der Waals surface area contributed by atoms with Gasteiger partial charge in [-0.1, -0.05) is 68.4 Å². The number of cyclic esters (lactones) is 2. The number of nitrogens with zero attached hydrogens (tertiary/aromatic N) is 7. The fourth-order valence-electron chi connectivity index (χ4n) is 12.5. The molecule has 6 aliphatic rings. The summed E-state index contributed by atoms with van der Waals surface area (Å²) in [7, 11) is 5.59. The molecule has 11 atom stereocenters. The zero-order valence-electron chi connectivity index (χ0n) is 55.0. The number of aryl methyl sites for hydroxylation is 1. The van der Waals surface area contributed by atoms with Crippen LogP contribution in [-0.2, 0) is 57.4 Å². The summed E-state index contributed by atoms with van der Waals surface area (Å²) in [5.41, 5.74) is 3.57. The van der Waals surface area contributed by atoms with E-state index in [1.807, 2.05) is 6.92 Å². The summed E-state index contributed by atoms with van der Waals surface area (Å²) in [5.74, 6) is -12.5. The summed E-state index contributed by atoms with van der Waals surface area (Å²) in [6.07, 6.45) is -2.11. The Kier molecular flexibility index (Phi) is 21.3. The van der Waals surface area contributed by atoms with Gasteiger partial charge in [-0.2, -0.15) is 0 Å². The first kappa shape index (κ1) is 69.7. The Morgan fingerprint density at radius 3 is 1.59 bits per heavy atom. The molecule has 2 unspecified atom stereocenters. The summed E-state index contributed by atoms with van der Waals surface area (Å²) in [6, 6.07) is -7.95. The third kappa shape index (κ3) is 14.1. The van der Waals surface area contributed by atoms with Crippen LogP contribution in [0.15, 0.2) is 21.3 Å². The largest absolute Gasteiger partial charge is 0.458 e. The lowest BCUT2D eigenvalue weighted by Gasteiger charge is -2.36. The quantitative estimate of drug-likeness (QED) is 0.119. The Hall–Kier alpha value is -8.72. The lowest BCUT2D eigenvalue weighted by molar-refractivity contribution is -0.163. The molecule has 5 aliphatic heterocycles. The van der Waals surface area contributed by atoms with E-state index in [0.29, 0.717) is 12.0 Å². The standard InChI is InChI=1S/C63H88N12O16/c1-27(2)43-60(85)74-22-18-19-37(74)58(83)70(14)25-39(76)72(16)49(29(5)6)62(87)89-34(12)45(56(81)66-43)68-54(79)36-21-20-32(10)52-47(36)65-48-41(42(64)51(78)33(11)53(48)91-52)55(80)69-46-35(13)90-63(88)50(30(7)8)73(17)40(77)26-71(15)59(84)38-23-31(9)24-75(38)61(86)44(28(3)4)67-57(46)82/h20-21,27-31,34-35,37-38,43-46,49-50H,18-19,22-26,64H2,1-17H3,(H,66,81)(H,67,82)(H,68,79)(H,69,80)/t31-,34?,35?,37+,38+,43-,44-,45+,46+,49+,50+/m1/s1. The molecule has 4 fully saturated rings. The molecular formula is C63H88N12O16. The van der Waals surface area contributed by atoms with Gasteiger partial charge < -0.3 is 70.3 Å². The van der Waals surface area contributed by atoms with Crippen molar-refractivity contribution in [2.24, 2.45) is 29.6 Å². The molecule has 4 saturated heterocycles. The van der Waals surface area contributed by atoms with Gasteiger partial charge in [-0.05, 0) is 88.2 Å². The number of likely N-dealkylation sites (N-methyl/N-ethyl adjacent to an activating group) is 4. The van der Waals surface area contributed by atoms with Crippen LogP contribution >= 0.6 is 0 Å². The van der Waals surface area contributed by atoms with Gasteiger partial charge in [-0.15, -0.1) is 0 Å². The number of anilines is 1. The molecule has 28 heteroatoms. The predicted molar refractivity (Wildman–Crippen MR) is 330 cm³/mol. The lowest BCUT2D eigenvalue weighted by Crippen LogP contribution is -2.61. The topological polar surface area (TPSA) is 360 Å². The number of nitrogen functional groups attached to an aromatic ring is 1. The Bertz CT molecular complexity index is 3450. The van der Waals surface area contributed by atoms with Crippen LogP contribution in [0, 0.1) is 43.4 Å². The van der Waals surface area contributed by atoms with Crippen molar-refractivity contribution in [1.29, 1.82) is 0 Å². The average molecular weight is 1270 g/mol. The van der Waals surface area contributed by atoms with E-state index in [1.54, 1.807) is 62.3 Å². The minimum absolute atomic E-state index is 0.0769. The molecule has 1 aliphatic carbocycles. The molecule has 7 rings (SSSR count). The third-order valence-electron chi connectivity index (χ3n) is 17.8. The molecular weight excluding hydrogens is 1180 g/mol. The molecule has 0 aromatic heterocycles. The average Bonchev–Trinajstić information content (AvgIpc) is 1.68. The summed E-state index contributed by atoms with van der Waals surface area (Å²) < 4.78 is 18.3. The number of esters is 2. The molecule has 1 aromatic rings. The van der Waals surface area contributed by atoms with Crippen LogP contribution in [0.5, 0.6) is 0 Å². The summed E-state index contributed by atoms with van der Waals surface area (Å²) in [5, 5.41) is 10.7. The molecule has 28 nitrogen and oxygen atoms in total. The van der Waals surface area contributed by atoms with Crippen molar-refractivity contribution in [2.75, 3.05) is 60.1 Å². The fraction of sp³-hybridized carbons (Fsp3) is 0.619. The van der Waals surface area contributed by atoms with Crippen molar-refractivity contribution in [3.63, 3.8) is 0 Å². The summed E-state index contributed by atoms with van der Waals surface area (Å²) in [4.78, 5) is 200. The number of amides is 10. The maximum Gasteiger partial charge on any atom is 0.329 e. The number of aromatic nitrogens is 1. The van der Waals surface area contributed by atoms with Crippen molar-refractivity contribution in [3.05, 3.63) is 44.6 Å². The minimum atomic E-state index is -1.89. The van der Waals surface area contributed by atoms with E-state index in [0.717, 1.165) is 9.80 Å². The fourth-order valence-corrected chi connectivity index (χ4v) is 12.5. The molecule has 0 radical (unpaired) electrons. The molecule has 496 valence electrons. The summed E-state index contributed by atoms with van der Waals surface area (Å²) >= 11 is 0. The first-order valence-corrected chi connectivity index (χ1v) is 30.9. The number of carbonyl (C=O) groups is 12. The molecule has 0 saturated carbocycles. The number of benzene rings is 2. The van der Waals surface area contributed by atoms with Crippen LogP contribution in [0.1, 0.15) is 127 Å². The molecule has 91 heavy (non-hydrogen) atoms. The Balaban J connectivity index is 1.32. The first-order valence-electron chi connectivity index (χ1n) is 30.9. The second-order valence-electron chi connectivity index (χ2n) is 26.2. The highest BCUT2D eigenvalue weighted by Gasteiger charge is 2.47. The Morgan fingerprint density at radius 2 is 1.11 bits per heavy atom. The number of rotatable bonds is 8. The monoisotopic (exact) mass is 1270 g/mol. The van der Waals surface area contributed by atoms with Gasteiger partial charge in [0.05, 0.1) is 29.9 Å². The molecule has 0 bridgehead atoms. The van der Waals surface area contributed by atoms with Crippen molar-refractivity contribution in [3.8, 4) is 11.5 Å². The number of nitrogens with two attached hydrogens (primary N) is 1. The Morgan fingerprint density at radius 1 is 0.637 bits per heavy atom. The van der Waals surface area contributed by atoms with E-state index in [9.17, 15) is 52.7 Å². The van der Waals surface area contributed by atoms with Gasteiger partial charge in [-0.3, -0.25) is 52.7 Å². The third-order valence-corrected chi connectivity index (χ3v) is 17.8. The number of ether oxygens (including phenoxy) is 2. The van der Waals surface area contributed by atoms with Gasteiger partial charge >= 0.3 is 11.9 Å². The molecule has 5 heterocycles. The number of hydrogen-bond donors (Lipinski definition) is 5. The maximum atomic E-state index is 15.2. The van der Waals surface area contributed by atoms with Gasteiger partial charge in [0.15, 0.2) is 11.3 Å². The van der Waals surface area contributed by atoms with Crippen LogP contribution in [0.3, 0.4) is 0 Å². The number of fused-ring (bicyclic) bond motifs is 4. The Labute approximate surface area is 528 Å². The van der Waals surface area contributed by atoms with Crippen molar-refractivity contribution in [2.45, 2.75) is 170 Å². The van der Waals surface area contributed by atoms with E-state index >= 15 is 9.59 Å². The first-order chi connectivity index (χ1) is 42.5. The molecule has 0 spiro atoms. The zero-order valence-corrected chi connectivity index (χ0v) is 55.0. The number of nitrogens with one attached hydrogen (secondary N) is 4. The van der Waals surface area contributed by atoms with Crippen LogP contribution in [0.25, 0.3) is 22.6 Å². The van der Waals surface area contributed by atoms with E-state index in [2.05, 4.69) is 21.3 Å². The second kappa shape index (κ2) is 27.8. The number of hydrogen-bond acceptors (Lipinski definition) is 18. The van der Waals surface area contributed by atoms with E-state index < -0.39 is 191 Å². The highest BCUT2D eigenvalue weighted by molar-refractivity contribution is 6.10. The SMILES string of the molecule is Cc1c2oc3c(C)ccc(C(=O)N[C@@H]4C(=O)N[C@H](C(C)C)C(=O)N5CCC[C@H]5C(=O)N(C)CC(=O)N(C)[C@@H](C(C)C)C(=O)OC4C)c3nc-2c(C(=O)N[C@@H]2C(=O)N[C@H](C(C)C)C(=O)N3C[C@H](C)C[C@H]3C(=O)N(C)CC(=O)N(C)[C@@H](C(C)C)C(=O)OC2C)c(N)c1=O. The van der Waals surface area contributed by atoms with Crippen LogP contribution in [0.2, 0.25) is 0 Å². The van der Waals surface area contributed by atoms with E-state index in [4.69, 9.17) is 24.6 Å². The molecule has 1 aromatic carbocycles. The van der Waals surface area contributed by atoms with Gasteiger partial charge in [0.1, 0.15) is 71.8 Å². The van der Waals surface area contributed by atoms with Gasteiger partial charge in [-0.25, -0.2) is 14.6 Å². The summed E-state index contributed by atoms with van der Waals surface area (Å²) in [6.45, 7) is 20.2. The zero-order chi connectivity index (χ0) is 67.8. The minimum Gasteiger partial charge on any atom is -0.458 e. The van der Waals surface area contributed by atoms with Crippen LogP contribution in [-0.4, -0.2) is 220 Å². The van der Waals surface area contributed by atoms with Crippen LogP contribution < -0.4 is 32.4 Å². The van der Waals surface area contributed by atoms with E-state index in [-0.39, 0.29) is 59.8 Å². The molecule has 6 N–H and O–H groups in total. The van der Waals surface area contributed by atoms with Gasteiger partial charge in [0.2, 0.25) is 52.7 Å². The van der Waals surface area contributed by atoms with Crippen LogP contribution in [0.4, 0.5) is 5.69 Å². The molecule has 10 amide bonds. The van der Waals surface area contributed by atoms with Gasteiger partial charge in [0.25, 0.3) is 11.8 Å². The lowest BCUT2D eigenvalue weighted by atomic mass is 9.98. The highest BCUT2D eigenvalue weighted by atomic mass is 16.6. The van der Waals surface area contributed by atoms with Gasteiger partial charge in [0, 0.05) is 46.8 Å². The second-order valence-corrected chi connectivity index (χ2v) is 26.2. The van der Waals surface area contributed by atoms with Crippen molar-refractivity contribution < 1.29 is 71.4 Å². The highest BCUT2D eigenvalue weighted by Crippen LogP contribution is 2.35. The van der Waals surface area contributed by atoms with Crippen molar-refractivity contribution in [1.82, 2.24) is 55.7 Å². The maximum absolute atomic E-state index is 15.2. The van der Waals surface area contributed by atoms with E-state index in [1.165, 1.54) is 80.7 Å². The van der Waals surface area contributed by atoms with Crippen molar-refractivity contribution >= 4 is 87.8 Å². The smallest absolute Gasteiger partial charge is 0.329 e.